The Labute approximate surface area is 336 Å². The molecule has 0 bridgehead atoms. The molecule has 292 valence electrons. The average Bonchev–Trinajstić information content (AvgIpc) is 3.59. The maximum absolute atomic E-state index is 13.9. The molecule has 0 spiro atoms. The lowest BCUT2D eigenvalue weighted by atomic mass is 9.99. The van der Waals surface area contributed by atoms with Gasteiger partial charge in [-0.05, 0) is 77.9 Å². The summed E-state index contributed by atoms with van der Waals surface area (Å²) in [5, 5.41) is 1.72. The molecule has 13 heteroatoms. The standard InChI is InChI=1S/C47H25F6N5O2/c48-46(49,50)30-16-19-36-38(24-30)59-40-22-29(23-41-42(40)57(36)37-20-17-31(47(51,52)53)25-39(37)60-41)28-15-18-35-33(21-28)32-13-7-8-14-34(32)58(35)45-55-43(26-9-3-1-4-10-26)54-44(56-45)27-11-5-2-6-12-27/h1-25H. The Kier molecular flexibility index (Phi) is 7.64. The first-order valence-electron chi connectivity index (χ1n) is 18.7. The molecule has 11 rings (SSSR count). The van der Waals surface area contributed by atoms with Gasteiger partial charge in [-0.1, -0.05) is 84.9 Å². The summed E-state index contributed by atoms with van der Waals surface area (Å²) >= 11 is 0. The van der Waals surface area contributed by atoms with Gasteiger partial charge in [-0.15, -0.1) is 0 Å². The Morgan fingerprint density at radius 2 is 0.933 bits per heavy atom. The minimum absolute atomic E-state index is 0.117. The Balaban J connectivity index is 1.09. The van der Waals surface area contributed by atoms with Crippen LogP contribution in [0.1, 0.15) is 11.1 Å². The van der Waals surface area contributed by atoms with Gasteiger partial charge < -0.3 is 9.47 Å². The summed E-state index contributed by atoms with van der Waals surface area (Å²) in [5.41, 5.74) is 3.36. The molecule has 0 atom stereocenters. The van der Waals surface area contributed by atoms with Crippen LogP contribution < -0.4 is 14.4 Å². The van der Waals surface area contributed by atoms with Crippen LogP contribution in [0.2, 0.25) is 0 Å². The summed E-state index contributed by atoms with van der Waals surface area (Å²) in [6.07, 6.45) is -9.34. The van der Waals surface area contributed by atoms with Crippen molar-refractivity contribution in [2.75, 3.05) is 4.90 Å². The molecule has 2 aliphatic heterocycles. The highest BCUT2D eigenvalue weighted by Crippen LogP contribution is 2.61. The maximum atomic E-state index is 13.9. The maximum Gasteiger partial charge on any atom is 0.416 e. The molecule has 7 aromatic carbocycles. The van der Waals surface area contributed by atoms with Crippen LogP contribution in [-0.4, -0.2) is 19.5 Å². The van der Waals surface area contributed by atoms with Gasteiger partial charge in [0.2, 0.25) is 5.95 Å². The van der Waals surface area contributed by atoms with E-state index in [9.17, 15) is 26.3 Å². The molecule has 60 heavy (non-hydrogen) atoms. The summed E-state index contributed by atoms with van der Waals surface area (Å²) in [4.78, 5) is 16.4. The number of ether oxygens (including phenoxy) is 2. The second-order valence-electron chi connectivity index (χ2n) is 14.3. The van der Waals surface area contributed by atoms with Gasteiger partial charge in [0.15, 0.2) is 34.6 Å². The summed E-state index contributed by atoms with van der Waals surface area (Å²) in [7, 11) is 0. The molecule has 0 unspecified atom stereocenters. The van der Waals surface area contributed by atoms with Crippen molar-refractivity contribution in [3.05, 3.63) is 163 Å². The second kappa shape index (κ2) is 12.9. The predicted molar refractivity (Wildman–Crippen MR) is 215 cm³/mol. The van der Waals surface area contributed by atoms with Gasteiger partial charge in [0, 0.05) is 21.9 Å². The Hall–Kier alpha value is -7.67. The summed E-state index contributed by atoms with van der Waals surface area (Å²) in [6.45, 7) is 0. The number of para-hydroxylation sites is 1. The molecule has 2 aliphatic rings. The van der Waals surface area contributed by atoms with E-state index in [1.807, 2.05) is 108 Å². The molecule has 0 saturated heterocycles. The van der Waals surface area contributed by atoms with Crippen LogP contribution in [0.25, 0.3) is 61.7 Å². The monoisotopic (exact) mass is 805 g/mol. The number of halogens is 6. The zero-order valence-corrected chi connectivity index (χ0v) is 30.8. The minimum Gasteiger partial charge on any atom is -0.453 e. The van der Waals surface area contributed by atoms with E-state index >= 15 is 0 Å². The quantitative estimate of drug-likeness (QED) is 0.165. The van der Waals surface area contributed by atoms with E-state index in [0.717, 1.165) is 57.2 Å². The highest BCUT2D eigenvalue weighted by atomic mass is 19.4. The van der Waals surface area contributed by atoms with Crippen LogP contribution in [0.5, 0.6) is 23.0 Å². The molecule has 0 amide bonds. The SMILES string of the molecule is FC(F)(F)c1ccc2c(c1)Oc1cc(-c3ccc4c(c3)c3ccccc3n4-c3nc(-c4ccccc4)nc(-c4ccccc4)n3)cc3c1N2c1ccc(C(F)(F)F)cc1O3. The highest BCUT2D eigenvalue weighted by Gasteiger charge is 2.40. The Bertz CT molecular complexity index is 3060. The van der Waals surface area contributed by atoms with Crippen LogP contribution >= 0.6 is 0 Å². The molecule has 9 aromatic rings. The average molecular weight is 806 g/mol. The first kappa shape index (κ1) is 35.5. The molecular formula is C47H25F6N5O2. The summed E-state index contributed by atoms with van der Waals surface area (Å²) in [6, 6.07) is 42.3. The highest BCUT2D eigenvalue weighted by molar-refractivity contribution is 6.10. The van der Waals surface area contributed by atoms with Crippen molar-refractivity contribution < 1.29 is 35.8 Å². The van der Waals surface area contributed by atoms with Crippen molar-refractivity contribution in [3.8, 4) is 62.8 Å². The molecule has 7 nitrogen and oxygen atoms in total. The molecule has 0 saturated carbocycles. The minimum atomic E-state index is -4.67. The zero-order chi connectivity index (χ0) is 40.9. The smallest absolute Gasteiger partial charge is 0.416 e. The Morgan fingerprint density at radius 1 is 0.417 bits per heavy atom. The number of rotatable bonds is 4. The van der Waals surface area contributed by atoms with E-state index < -0.39 is 23.5 Å². The number of hydrogen-bond donors (Lipinski definition) is 0. The molecular weight excluding hydrogens is 781 g/mol. The van der Waals surface area contributed by atoms with Crippen LogP contribution in [0.15, 0.2) is 152 Å². The molecule has 4 heterocycles. The van der Waals surface area contributed by atoms with Gasteiger partial charge in [0.1, 0.15) is 5.69 Å². The van der Waals surface area contributed by atoms with Gasteiger partial charge >= 0.3 is 12.4 Å². The van der Waals surface area contributed by atoms with Crippen LogP contribution in [-0.2, 0) is 12.4 Å². The molecule has 0 fully saturated rings. The lowest BCUT2D eigenvalue weighted by Gasteiger charge is -2.38. The van der Waals surface area contributed by atoms with Crippen molar-refractivity contribution in [2.45, 2.75) is 12.4 Å². The topological polar surface area (TPSA) is 65.3 Å². The van der Waals surface area contributed by atoms with Crippen molar-refractivity contribution in [1.29, 1.82) is 0 Å². The third-order valence-electron chi connectivity index (χ3n) is 10.7. The van der Waals surface area contributed by atoms with Crippen molar-refractivity contribution >= 4 is 38.9 Å². The number of benzene rings is 7. The van der Waals surface area contributed by atoms with E-state index in [0.29, 0.717) is 34.4 Å². The van der Waals surface area contributed by atoms with Crippen LogP contribution in [0, 0.1) is 0 Å². The normalized spacial score (nSPS) is 13.1. The van der Waals surface area contributed by atoms with Crippen LogP contribution in [0.4, 0.5) is 43.4 Å². The largest absolute Gasteiger partial charge is 0.453 e. The lowest BCUT2D eigenvalue weighted by Crippen LogP contribution is -2.21. The number of hydrogen-bond acceptors (Lipinski definition) is 6. The van der Waals surface area contributed by atoms with E-state index in [1.54, 1.807) is 17.0 Å². The fourth-order valence-corrected chi connectivity index (χ4v) is 7.91. The number of alkyl halides is 6. The summed E-state index contributed by atoms with van der Waals surface area (Å²) < 4.78 is 97.9. The third-order valence-corrected chi connectivity index (χ3v) is 10.7. The number of anilines is 3. The molecule has 0 radical (unpaired) electrons. The first-order chi connectivity index (χ1) is 29.0. The number of nitrogens with zero attached hydrogens (tertiary/aromatic N) is 5. The van der Waals surface area contributed by atoms with E-state index in [2.05, 4.69) is 0 Å². The van der Waals surface area contributed by atoms with E-state index in [-0.39, 0.29) is 34.4 Å². The molecule has 0 aliphatic carbocycles. The third kappa shape index (κ3) is 5.72. The van der Waals surface area contributed by atoms with Gasteiger partial charge in [-0.25, -0.2) is 4.98 Å². The van der Waals surface area contributed by atoms with Gasteiger partial charge in [-0.2, -0.15) is 36.3 Å². The van der Waals surface area contributed by atoms with Gasteiger partial charge in [-0.3, -0.25) is 9.47 Å². The number of fused-ring (bicyclic) bond motifs is 7. The fraction of sp³-hybridized carbons (Fsp3) is 0.0426. The van der Waals surface area contributed by atoms with E-state index in [4.69, 9.17) is 24.4 Å². The zero-order valence-electron chi connectivity index (χ0n) is 30.8. The predicted octanol–water partition coefficient (Wildman–Crippen LogP) is 13.7. The Morgan fingerprint density at radius 3 is 1.48 bits per heavy atom. The van der Waals surface area contributed by atoms with E-state index in [1.165, 1.54) is 12.1 Å². The van der Waals surface area contributed by atoms with Gasteiger partial charge in [0.05, 0.1) is 33.5 Å². The van der Waals surface area contributed by atoms with Crippen molar-refractivity contribution in [2.24, 2.45) is 0 Å². The first-order valence-corrected chi connectivity index (χ1v) is 18.7. The lowest BCUT2D eigenvalue weighted by molar-refractivity contribution is -0.138. The second-order valence-corrected chi connectivity index (χ2v) is 14.3. The number of aromatic nitrogens is 4. The van der Waals surface area contributed by atoms with Crippen molar-refractivity contribution in [3.63, 3.8) is 0 Å². The fourth-order valence-electron chi connectivity index (χ4n) is 7.91. The summed E-state index contributed by atoms with van der Waals surface area (Å²) in [5.74, 6) is 1.47. The molecule has 2 aromatic heterocycles. The van der Waals surface area contributed by atoms with Crippen LogP contribution in [0.3, 0.4) is 0 Å². The van der Waals surface area contributed by atoms with Gasteiger partial charge in [0.25, 0.3) is 0 Å². The molecule has 0 N–H and O–H groups in total. The van der Waals surface area contributed by atoms with Crippen molar-refractivity contribution in [1.82, 2.24) is 19.5 Å².